The summed E-state index contributed by atoms with van der Waals surface area (Å²) >= 11 is 0. The minimum Gasteiger partial charge on any atom is -0.489 e. The third-order valence-corrected chi connectivity index (χ3v) is 7.22. The highest BCUT2D eigenvalue weighted by molar-refractivity contribution is 5.79. The molecular formula is C26H34FN5O3. The Kier molecular flexibility index (Phi) is 7.04. The molecule has 0 radical (unpaired) electrons. The predicted molar refractivity (Wildman–Crippen MR) is 130 cm³/mol. The highest BCUT2D eigenvalue weighted by Crippen LogP contribution is 2.32. The maximum absolute atomic E-state index is 14.9. The molecule has 4 atom stereocenters. The van der Waals surface area contributed by atoms with Gasteiger partial charge in [0.05, 0.1) is 19.2 Å². The van der Waals surface area contributed by atoms with Crippen LogP contribution in [0.2, 0.25) is 0 Å². The Morgan fingerprint density at radius 2 is 2.00 bits per heavy atom. The molecule has 1 amide bonds. The van der Waals surface area contributed by atoms with Crippen molar-refractivity contribution in [2.75, 3.05) is 24.6 Å². The summed E-state index contributed by atoms with van der Waals surface area (Å²) in [6.45, 7) is 3.67. The van der Waals surface area contributed by atoms with Gasteiger partial charge in [0.15, 0.2) is 5.82 Å². The van der Waals surface area contributed by atoms with E-state index in [2.05, 4.69) is 15.3 Å². The zero-order valence-corrected chi connectivity index (χ0v) is 20.2. The number of carbonyl (C=O) groups excluding carboxylic acids is 1. The first-order valence-electron chi connectivity index (χ1n) is 12.7. The number of benzene rings is 1. The van der Waals surface area contributed by atoms with Gasteiger partial charge in [0.25, 0.3) is 5.88 Å². The van der Waals surface area contributed by atoms with Crippen molar-refractivity contribution in [1.82, 2.24) is 15.3 Å². The lowest BCUT2D eigenvalue weighted by Crippen LogP contribution is -2.32. The van der Waals surface area contributed by atoms with Crippen LogP contribution in [0.1, 0.15) is 57.1 Å². The van der Waals surface area contributed by atoms with Crippen molar-refractivity contribution in [3.05, 3.63) is 42.0 Å². The second-order valence-corrected chi connectivity index (χ2v) is 10.1. The lowest BCUT2D eigenvalue weighted by Gasteiger charge is -2.20. The first kappa shape index (κ1) is 23.8. The fourth-order valence-corrected chi connectivity index (χ4v) is 4.86. The monoisotopic (exact) mass is 483 g/mol. The predicted octanol–water partition coefficient (Wildman–Crippen LogP) is 3.37. The van der Waals surface area contributed by atoms with E-state index in [0.717, 1.165) is 49.8 Å². The van der Waals surface area contributed by atoms with Crippen LogP contribution < -0.4 is 25.4 Å². The van der Waals surface area contributed by atoms with Gasteiger partial charge in [0, 0.05) is 24.9 Å². The molecule has 1 aromatic carbocycles. The number of aromatic nitrogens is 2. The summed E-state index contributed by atoms with van der Waals surface area (Å²) < 4.78 is 26.6. The molecule has 9 heteroatoms. The molecule has 1 aliphatic heterocycles. The van der Waals surface area contributed by atoms with Gasteiger partial charge in [-0.05, 0) is 62.6 Å². The van der Waals surface area contributed by atoms with E-state index in [0.29, 0.717) is 25.6 Å². The van der Waals surface area contributed by atoms with Gasteiger partial charge in [0.2, 0.25) is 11.7 Å². The lowest BCUT2D eigenvalue weighted by molar-refractivity contribution is -0.125. The number of ether oxygens (including phenoxy) is 2. The highest BCUT2D eigenvalue weighted by atomic mass is 19.1. The molecule has 1 unspecified atom stereocenters. The molecule has 2 aliphatic carbocycles. The van der Waals surface area contributed by atoms with Crippen LogP contribution in [0, 0.1) is 17.7 Å². The molecule has 3 fully saturated rings. The maximum Gasteiger partial charge on any atom is 0.255 e. The quantitative estimate of drug-likeness (QED) is 0.564. The molecule has 3 aliphatic rings. The maximum atomic E-state index is 14.9. The second kappa shape index (κ2) is 10.4. The van der Waals surface area contributed by atoms with Crippen LogP contribution >= 0.6 is 0 Å². The first-order valence-corrected chi connectivity index (χ1v) is 12.7. The van der Waals surface area contributed by atoms with Crippen LogP contribution in [-0.4, -0.2) is 47.7 Å². The van der Waals surface area contributed by atoms with Gasteiger partial charge in [0.1, 0.15) is 18.2 Å². The average Bonchev–Trinajstić information content (AvgIpc) is 3.40. The third-order valence-electron chi connectivity index (χ3n) is 7.22. The number of nitrogens with zero attached hydrogens (tertiary/aromatic N) is 3. The Labute approximate surface area is 205 Å². The fourth-order valence-electron chi connectivity index (χ4n) is 4.86. The van der Waals surface area contributed by atoms with Crippen LogP contribution in [0.25, 0.3) is 0 Å². The molecule has 1 saturated heterocycles. The van der Waals surface area contributed by atoms with E-state index in [4.69, 9.17) is 15.2 Å². The largest absolute Gasteiger partial charge is 0.489 e. The second-order valence-electron chi connectivity index (χ2n) is 10.1. The molecule has 2 saturated carbocycles. The molecule has 5 rings (SSSR count). The number of hydrogen-bond donors (Lipinski definition) is 2. The van der Waals surface area contributed by atoms with Crippen molar-refractivity contribution in [2.45, 2.75) is 63.6 Å². The van der Waals surface area contributed by atoms with Gasteiger partial charge in [-0.15, -0.1) is 0 Å². The number of amides is 1. The number of halogens is 1. The van der Waals surface area contributed by atoms with Crippen molar-refractivity contribution in [1.29, 1.82) is 0 Å². The van der Waals surface area contributed by atoms with Gasteiger partial charge < -0.3 is 25.4 Å². The number of hydrogen-bond acceptors (Lipinski definition) is 7. The molecular weight excluding hydrogens is 449 g/mol. The molecule has 188 valence electrons. The molecule has 8 nitrogen and oxygen atoms in total. The van der Waals surface area contributed by atoms with Crippen LogP contribution in [0.4, 0.5) is 10.2 Å². The first-order chi connectivity index (χ1) is 17.0. The van der Waals surface area contributed by atoms with E-state index in [1.807, 2.05) is 36.1 Å². The summed E-state index contributed by atoms with van der Waals surface area (Å²) in [5.41, 5.74) is 6.96. The number of anilines is 1. The summed E-state index contributed by atoms with van der Waals surface area (Å²) in [5, 5.41) is 3.10. The number of nitrogens with one attached hydrogen (secondary N) is 1. The van der Waals surface area contributed by atoms with E-state index in [-0.39, 0.29) is 41.7 Å². The average molecular weight is 484 g/mol. The molecule has 2 aromatic rings. The Morgan fingerprint density at radius 1 is 1.20 bits per heavy atom. The highest BCUT2D eigenvalue weighted by Gasteiger charge is 2.30. The van der Waals surface area contributed by atoms with E-state index in [9.17, 15) is 9.18 Å². The minimum atomic E-state index is -0.506. The van der Waals surface area contributed by atoms with Crippen molar-refractivity contribution >= 4 is 11.7 Å². The summed E-state index contributed by atoms with van der Waals surface area (Å²) in [6, 6.07) is 7.83. The Hall–Kier alpha value is -2.94. The summed E-state index contributed by atoms with van der Waals surface area (Å²) in [5.74, 6) is 1.15. The van der Waals surface area contributed by atoms with Gasteiger partial charge in [-0.2, -0.15) is 9.37 Å². The number of rotatable bonds is 9. The van der Waals surface area contributed by atoms with Gasteiger partial charge >= 0.3 is 0 Å². The molecule has 0 bridgehead atoms. The Morgan fingerprint density at radius 3 is 2.71 bits per heavy atom. The van der Waals surface area contributed by atoms with Gasteiger partial charge in [-0.1, -0.05) is 12.1 Å². The number of carbonyl (C=O) groups is 1. The molecule has 2 heterocycles. The van der Waals surface area contributed by atoms with Crippen molar-refractivity contribution in [3.8, 4) is 11.6 Å². The number of nitrogens with two attached hydrogens (primary N) is 1. The Bertz CT molecular complexity index is 1030. The van der Waals surface area contributed by atoms with Crippen LogP contribution in [0.15, 0.2) is 30.6 Å². The zero-order chi connectivity index (χ0) is 24.4. The smallest absolute Gasteiger partial charge is 0.255 e. The van der Waals surface area contributed by atoms with Crippen molar-refractivity contribution < 1.29 is 18.7 Å². The standard InChI is InChI=1S/C26H34FN5O3/c1-16(31-25(33)19-4-7-20(28)12-19)18-5-8-21(9-6-18)35-22-10-11-32(13-22)24-23(27)26(30-15-29-24)34-14-17-2-3-17/h5-6,8-9,15-17,19-20,22H,2-4,7,10-14,28H2,1H3,(H,31,33)/t16-,19-,20+,22?/m0/s1. The summed E-state index contributed by atoms with van der Waals surface area (Å²) in [7, 11) is 0. The summed E-state index contributed by atoms with van der Waals surface area (Å²) in [6.07, 6.45) is 6.85. The van der Waals surface area contributed by atoms with Crippen molar-refractivity contribution in [2.24, 2.45) is 17.6 Å². The third kappa shape index (κ3) is 5.83. The summed E-state index contributed by atoms with van der Waals surface area (Å²) in [4.78, 5) is 22.5. The van der Waals surface area contributed by atoms with E-state index < -0.39 is 5.82 Å². The Balaban J connectivity index is 1.13. The SMILES string of the molecule is C[C@H](NC(=O)[C@H]1CC[C@@H](N)C1)c1ccc(OC2CCN(c3ncnc(OCC4CC4)c3F)C2)cc1. The van der Waals surface area contributed by atoms with Crippen LogP contribution in [-0.2, 0) is 4.79 Å². The minimum absolute atomic E-state index is 0.0148. The van der Waals surface area contributed by atoms with Crippen LogP contribution in [0.5, 0.6) is 11.6 Å². The lowest BCUT2D eigenvalue weighted by atomic mass is 10.0. The topological polar surface area (TPSA) is 103 Å². The van der Waals surface area contributed by atoms with E-state index >= 15 is 0 Å². The normalized spacial score (nSPS) is 24.9. The van der Waals surface area contributed by atoms with E-state index in [1.54, 1.807) is 0 Å². The van der Waals surface area contributed by atoms with Gasteiger partial charge in [-0.25, -0.2) is 4.98 Å². The molecule has 1 aromatic heterocycles. The van der Waals surface area contributed by atoms with Crippen LogP contribution in [0.3, 0.4) is 0 Å². The fraction of sp³-hybridized carbons (Fsp3) is 0.577. The zero-order valence-electron chi connectivity index (χ0n) is 20.2. The van der Waals surface area contributed by atoms with Gasteiger partial charge in [-0.3, -0.25) is 4.79 Å². The molecule has 35 heavy (non-hydrogen) atoms. The van der Waals surface area contributed by atoms with E-state index in [1.165, 1.54) is 6.33 Å². The van der Waals surface area contributed by atoms with Crippen molar-refractivity contribution in [3.63, 3.8) is 0 Å². The molecule has 3 N–H and O–H groups in total. The molecule has 0 spiro atoms.